The Balaban J connectivity index is 2.14. The number of carbonyl (C=O) groups is 1. The number of hydrogen-bond donors (Lipinski definition) is 2. The molecule has 116 valence electrons. The fourth-order valence-corrected chi connectivity index (χ4v) is 2.48. The lowest BCUT2D eigenvalue weighted by Gasteiger charge is -2.29. The summed E-state index contributed by atoms with van der Waals surface area (Å²) in [5, 5.41) is 6.55. The van der Waals surface area contributed by atoms with Gasteiger partial charge in [-0.05, 0) is 32.8 Å². The molecule has 2 heterocycles. The van der Waals surface area contributed by atoms with E-state index in [0.717, 1.165) is 19.4 Å². The minimum absolute atomic E-state index is 0.0141. The largest absolute Gasteiger partial charge is 0.376 e. The lowest BCUT2D eigenvalue weighted by Crippen LogP contribution is -2.50. The number of hydrogen-bond acceptors (Lipinski definition) is 4. The highest BCUT2D eigenvalue weighted by atomic mass is 35.5. The van der Waals surface area contributed by atoms with Gasteiger partial charge >= 0.3 is 0 Å². The molecule has 2 unspecified atom stereocenters. The Bertz CT molecular complexity index is 524. The molecule has 1 aromatic heterocycles. The van der Waals surface area contributed by atoms with E-state index in [9.17, 15) is 4.79 Å². The second-order valence-electron chi connectivity index (χ2n) is 5.61. The third-order valence-electron chi connectivity index (χ3n) is 3.94. The number of halogens is 1. The van der Waals surface area contributed by atoms with Crippen LogP contribution in [0.15, 0.2) is 12.3 Å². The van der Waals surface area contributed by atoms with Crippen LogP contribution in [0.4, 0.5) is 5.82 Å². The van der Waals surface area contributed by atoms with Crippen molar-refractivity contribution in [1.82, 2.24) is 10.3 Å². The monoisotopic (exact) mass is 311 g/mol. The van der Waals surface area contributed by atoms with Crippen LogP contribution in [0.3, 0.4) is 0 Å². The second-order valence-corrected chi connectivity index (χ2v) is 6.02. The van der Waals surface area contributed by atoms with Crippen LogP contribution < -0.4 is 10.6 Å². The molecule has 2 rings (SSSR count). The van der Waals surface area contributed by atoms with Gasteiger partial charge in [0.2, 0.25) is 0 Å². The van der Waals surface area contributed by atoms with E-state index < -0.39 is 0 Å². The Morgan fingerprint density at radius 3 is 3.00 bits per heavy atom. The van der Waals surface area contributed by atoms with Crippen LogP contribution >= 0.6 is 11.6 Å². The number of nitrogens with zero attached hydrogens (tertiary/aromatic N) is 1. The summed E-state index contributed by atoms with van der Waals surface area (Å²) in [5.74, 6) is 0.467. The smallest absolute Gasteiger partial charge is 0.253 e. The van der Waals surface area contributed by atoms with Crippen LogP contribution in [0.5, 0.6) is 0 Å². The van der Waals surface area contributed by atoms with Gasteiger partial charge in [-0.2, -0.15) is 0 Å². The summed E-state index contributed by atoms with van der Waals surface area (Å²) in [7, 11) is 0. The van der Waals surface area contributed by atoms with Gasteiger partial charge in [-0.3, -0.25) is 4.79 Å². The number of ether oxygens (including phenoxy) is 1. The first-order chi connectivity index (χ1) is 9.96. The molecule has 0 radical (unpaired) electrons. The van der Waals surface area contributed by atoms with Crippen molar-refractivity contribution in [2.24, 2.45) is 0 Å². The van der Waals surface area contributed by atoms with E-state index in [1.54, 1.807) is 6.07 Å². The summed E-state index contributed by atoms with van der Waals surface area (Å²) >= 11 is 6.11. The molecule has 1 saturated heterocycles. The highest BCUT2D eigenvalue weighted by Gasteiger charge is 2.38. The number of rotatable bonds is 5. The Morgan fingerprint density at radius 2 is 2.38 bits per heavy atom. The molecule has 1 aliphatic rings. The highest BCUT2D eigenvalue weighted by molar-refractivity contribution is 6.33. The van der Waals surface area contributed by atoms with Gasteiger partial charge in [0.25, 0.3) is 5.91 Å². The van der Waals surface area contributed by atoms with Gasteiger partial charge in [-0.1, -0.05) is 18.5 Å². The Kier molecular flexibility index (Phi) is 5.06. The quantitative estimate of drug-likeness (QED) is 0.877. The van der Waals surface area contributed by atoms with Gasteiger partial charge in [0.05, 0.1) is 22.2 Å². The molecule has 0 aromatic carbocycles. The first-order valence-electron chi connectivity index (χ1n) is 7.30. The van der Waals surface area contributed by atoms with Crippen molar-refractivity contribution in [2.75, 3.05) is 18.5 Å². The van der Waals surface area contributed by atoms with Crippen LogP contribution in [0.1, 0.15) is 44.0 Å². The third kappa shape index (κ3) is 3.66. The van der Waals surface area contributed by atoms with Gasteiger partial charge in [0.1, 0.15) is 5.82 Å². The molecule has 2 atom stereocenters. The van der Waals surface area contributed by atoms with Crippen molar-refractivity contribution in [2.45, 2.75) is 45.3 Å². The van der Waals surface area contributed by atoms with Crippen LogP contribution in [0.25, 0.3) is 0 Å². The molecule has 2 N–H and O–H groups in total. The van der Waals surface area contributed by atoms with E-state index >= 15 is 0 Å². The first-order valence-corrected chi connectivity index (χ1v) is 7.67. The molecule has 6 heteroatoms. The first kappa shape index (κ1) is 16.0. The molecule has 0 aliphatic carbocycles. The summed E-state index contributed by atoms with van der Waals surface area (Å²) in [6.07, 6.45) is 3.27. The predicted molar refractivity (Wildman–Crippen MR) is 83.9 cm³/mol. The fourth-order valence-electron chi connectivity index (χ4n) is 2.29. The van der Waals surface area contributed by atoms with Gasteiger partial charge in [0, 0.05) is 19.3 Å². The molecule has 0 bridgehead atoms. The molecule has 5 nitrogen and oxygen atoms in total. The minimum Gasteiger partial charge on any atom is -0.376 e. The maximum Gasteiger partial charge on any atom is 0.253 e. The number of amides is 1. The maximum absolute atomic E-state index is 12.5. The summed E-state index contributed by atoms with van der Waals surface area (Å²) < 4.78 is 5.54. The molecule has 1 aliphatic heterocycles. The molecular formula is C15H22ClN3O2. The summed E-state index contributed by atoms with van der Waals surface area (Å²) in [4.78, 5) is 16.7. The average molecular weight is 312 g/mol. The van der Waals surface area contributed by atoms with Crippen molar-refractivity contribution in [3.63, 3.8) is 0 Å². The normalized spacial score (nSPS) is 24.9. The number of nitrogens with one attached hydrogen (secondary N) is 2. The van der Waals surface area contributed by atoms with Crippen molar-refractivity contribution in [1.29, 1.82) is 0 Å². The Labute approximate surface area is 130 Å². The van der Waals surface area contributed by atoms with E-state index in [2.05, 4.69) is 22.5 Å². The summed E-state index contributed by atoms with van der Waals surface area (Å²) in [6, 6.07) is 1.69. The molecule has 1 amide bonds. The fraction of sp³-hybridized carbons (Fsp3) is 0.600. The zero-order valence-electron chi connectivity index (χ0n) is 12.7. The van der Waals surface area contributed by atoms with Crippen LogP contribution in [0.2, 0.25) is 5.02 Å². The van der Waals surface area contributed by atoms with E-state index in [4.69, 9.17) is 16.3 Å². The molecule has 1 aromatic rings. The number of pyridine rings is 1. The number of aromatic nitrogens is 1. The van der Waals surface area contributed by atoms with Gasteiger partial charge in [-0.25, -0.2) is 4.98 Å². The number of carbonyl (C=O) groups excluding carboxylic acids is 1. The topological polar surface area (TPSA) is 63.2 Å². The van der Waals surface area contributed by atoms with Crippen LogP contribution in [-0.4, -0.2) is 35.7 Å². The second kappa shape index (κ2) is 6.62. The molecular weight excluding hydrogens is 290 g/mol. The van der Waals surface area contributed by atoms with Crippen molar-refractivity contribution >= 4 is 23.3 Å². The van der Waals surface area contributed by atoms with Crippen molar-refractivity contribution in [3.8, 4) is 0 Å². The van der Waals surface area contributed by atoms with Gasteiger partial charge < -0.3 is 15.4 Å². The number of anilines is 1. The molecule has 0 saturated carbocycles. The lowest BCUT2D eigenvalue weighted by atomic mass is 9.94. The van der Waals surface area contributed by atoms with Gasteiger partial charge in [-0.15, -0.1) is 0 Å². The summed E-state index contributed by atoms with van der Waals surface area (Å²) in [5.41, 5.74) is 0.0753. The zero-order valence-corrected chi connectivity index (χ0v) is 13.5. The van der Waals surface area contributed by atoms with E-state index in [-0.39, 0.29) is 17.6 Å². The Morgan fingerprint density at radius 1 is 1.62 bits per heavy atom. The van der Waals surface area contributed by atoms with Crippen LogP contribution in [-0.2, 0) is 4.74 Å². The SMILES string of the molecule is CCCNc1cc(C(=O)NC2(C)CCOC2C)c(Cl)cn1. The minimum atomic E-state index is -0.360. The predicted octanol–water partition coefficient (Wildman–Crippen LogP) is 2.85. The van der Waals surface area contributed by atoms with E-state index in [1.165, 1.54) is 6.20 Å². The van der Waals surface area contributed by atoms with Crippen LogP contribution in [0, 0.1) is 0 Å². The molecule has 1 fully saturated rings. The lowest BCUT2D eigenvalue weighted by molar-refractivity contribution is 0.0727. The van der Waals surface area contributed by atoms with Gasteiger partial charge in [0.15, 0.2) is 0 Å². The summed E-state index contributed by atoms with van der Waals surface area (Å²) in [6.45, 7) is 7.49. The third-order valence-corrected chi connectivity index (χ3v) is 4.24. The zero-order chi connectivity index (χ0) is 15.5. The van der Waals surface area contributed by atoms with Crippen molar-refractivity contribution < 1.29 is 9.53 Å². The average Bonchev–Trinajstić information content (AvgIpc) is 2.77. The molecule has 21 heavy (non-hydrogen) atoms. The highest BCUT2D eigenvalue weighted by Crippen LogP contribution is 2.26. The molecule has 0 spiro atoms. The Hall–Kier alpha value is -1.33. The van der Waals surface area contributed by atoms with E-state index in [1.807, 2.05) is 13.8 Å². The van der Waals surface area contributed by atoms with E-state index in [0.29, 0.717) is 23.0 Å². The van der Waals surface area contributed by atoms with Crippen molar-refractivity contribution in [3.05, 3.63) is 22.8 Å². The maximum atomic E-state index is 12.5. The standard InChI is InChI=1S/C15H22ClN3O2/c1-4-6-17-13-8-11(12(16)9-18-13)14(20)19-15(3)5-7-21-10(15)2/h8-10H,4-7H2,1-3H3,(H,17,18)(H,19,20).